The number of rotatable bonds is 4. The number of hydrogen-bond acceptors (Lipinski definition) is 3. The van der Waals surface area contributed by atoms with Crippen molar-refractivity contribution >= 4 is 33.8 Å². The number of benzene rings is 2. The van der Waals surface area contributed by atoms with Gasteiger partial charge in [0.05, 0.1) is 18.2 Å². The van der Waals surface area contributed by atoms with E-state index in [-0.39, 0.29) is 11.6 Å². The van der Waals surface area contributed by atoms with Gasteiger partial charge in [0, 0.05) is 35.1 Å². The number of aliphatic hydroxyl groups excluding tert-OH is 1. The summed E-state index contributed by atoms with van der Waals surface area (Å²) in [5.74, 6) is 0.333. The molecule has 1 aromatic heterocycles. The Balaban J connectivity index is 1.71. The predicted molar refractivity (Wildman–Crippen MR) is 98.6 cm³/mol. The summed E-state index contributed by atoms with van der Waals surface area (Å²) in [6.45, 7) is 1.91. The van der Waals surface area contributed by atoms with E-state index in [9.17, 15) is 13.9 Å². The molecule has 0 saturated carbocycles. The number of aliphatic hydroxyl groups is 1. The van der Waals surface area contributed by atoms with Crippen molar-refractivity contribution in [3.05, 3.63) is 48.0 Å². The Morgan fingerprint density at radius 1 is 1.08 bits per heavy atom. The monoisotopic (exact) mass is 362 g/mol. The van der Waals surface area contributed by atoms with Crippen LogP contribution in [0.4, 0.5) is 8.78 Å². The molecule has 1 unspecified atom stereocenters. The van der Waals surface area contributed by atoms with Crippen LogP contribution in [-0.4, -0.2) is 38.9 Å². The van der Waals surface area contributed by atoms with E-state index in [1.807, 2.05) is 10.6 Å². The molecule has 6 heteroatoms. The van der Waals surface area contributed by atoms with Gasteiger partial charge in [-0.05, 0) is 43.2 Å². The highest BCUT2D eigenvalue weighted by atomic mass is 32.2. The number of halogens is 2. The zero-order valence-electron chi connectivity index (χ0n) is 13.8. The third kappa shape index (κ3) is 3.26. The molecule has 2 aromatic carbocycles. The number of hydrogen-bond donors (Lipinski definition) is 1. The molecular weight excluding hydrogens is 342 g/mol. The third-order valence-corrected chi connectivity index (χ3v) is 5.85. The minimum atomic E-state index is -0.572. The highest BCUT2D eigenvalue weighted by Crippen LogP contribution is 2.32. The highest BCUT2D eigenvalue weighted by Gasteiger charge is 2.19. The van der Waals surface area contributed by atoms with Crippen molar-refractivity contribution in [2.45, 2.75) is 25.5 Å². The van der Waals surface area contributed by atoms with E-state index in [0.29, 0.717) is 29.4 Å². The molecule has 3 nitrogen and oxygen atoms in total. The van der Waals surface area contributed by atoms with Crippen LogP contribution in [0.2, 0.25) is 0 Å². The van der Waals surface area contributed by atoms with Crippen molar-refractivity contribution in [3.63, 3.8) is 0 Å². The van der Waals surface area contributed by atoms with Gasteiger partial charge in [0.15, 0.2) is 0 Å². The number of β-amino-alcohol motifs (C(OH)–C–C–N with tert-alkyl or cyclic N) is 1. The van der Waals surface area contributed by atoms with E-state index in [2.05, 4.69) is 4.31 Å². The molecule has 2 heterocycles. The SMILES string of the molecule is OC(CN1CCCCS1)Cn1c2ccc(F)cc2c2c(F)cccc21. The minimum absolute atomic E-state index is 0.353. The van der Waals surface area contributed by atoms with Gasteiger partial charge in [-0.1, -0.05) is 18.0 Å². The molecule has 25 heavy (non-hydrogen) atoms. The fourth-order valence-corrected chi connectivity index (χ4v) is 4.70. The van der Waals surface area contributed by atoms with Gasteiger partial charge in [-0.25, -0.2) is 13.1 Å². The van der Waals surface area contributed by atoms with E-state index in [4.69, 9.17) is 0 Å². The van der Waals surface area contributed by atoms with E-state index in [1.54, 1.807) is 24.1 Å². The lowest BCUT2D eigenvalue weighted by molar-refractivity contribution is 0.132. The molecule has 1 aliphatic rings. The lowest BCUT2D eigenvalue weighted by atomic mass is 10.1. The summed E-state index contributed by atoms with van der Waals surface area (Å²) in [6, 6.07) is 9.26. The molecule has 4 rings (SSSR count). The van der Waals surface area contributed by atoms with Crippen LogP contribution in [0.5, 0.6) is 0 Å². The van der Waals surface area contributed by atoms with Gasteiger partial charge in [-0.3, -0.25) is 0 Å². The number of aromatic nitrogens is 1. The molecule has 132 valence electrons. The van der Waals surface area contributed by atoms with Crippen LogP contribution in [0, 0.1) is 11.6 Å². The first kappa shape index (κ1) is 16.8. The quantitative estimate of drug-likeness (QED) is 0.706. The van der Waals surface area contributed by atoms with Gasteiger partial charge in [-0.2, -0.15) is 0 Å². The first-order chi connectivity index (χ1) is 12.1. The molecule has 1 saturated heterocycles. The van der Waals surface area contributed by atoms with Gasteiger partial charge in [0.2, 0.25) is 0 Å². The zero-order valence-corrected chi connectivity index (χ0v) is 14.6. The molecule has 0 aliphatic carbocycles. The largest absolute Gasteiger partial charge is 0.390 e. The maximum Gasteiger partial charge on any atom is 0.133 e. The van der Waals surface area contributed by atoms with Gasteiger partial charge < -0.3 is 9.67 Å². The Kier molecular flexibility index (Phi) is 4.67. The average molecular weight is 362 g/mol. The number of fused-ring (bicyclic) bond motifs is 3. The van der Waals surface area contributed by atoms with Crippen molar-refractivity contribution in [3.8, 4) is 0 Å². The summed E-state index contributed by atoms with van der Waals surface area (Å²) >= 11 is 1.77. The Hall–Kier alpha value is -1.63. The van der Waals surface area contributed by atoms with Gasteiger partial charge in [0.1, 0.15) is 11.6 Å². The van der Waals surface area contributed by atoms with E-state index >= 15 is 0 Å². The van der Waals surface area contributed by atoms with Crippen LogP contribution >= 0.6 is 11.9 Å². The van der Waals surface area contributed by atoms with Crippen molar-refractivity contribution in [1.29, 1.82) is 0 Å². The lowest BCUT2D eigenvalue weighted by Gasteiger charge is -2.27. The zero-order chi connectivity index (χ0) is 17.4. The van der Waals surface area contributed by atoms with Crippen LogP contribution in [0.3, 0.4) is 0 Å². The van der Waals surface area contributed by atoms with Gasteiger partial charge in [0.25, 0.3) is 0 Å². The molecule has 0 amide bonds. The predicted octanol–water partition coefficient (Wildman–Crippen LogP) is 4.18. The molecule has 0 bridgehead atoms. The third-order valence-electron chi connectivity index (χ3n) is 4.68. The van der Waals surface area contributed by atoms with E-state index in [0.717, 1.165) is 24.2 Å². The highest BCUT2D eigenvalue weighted by molar-refractivity contribution is 7.97. The van der Waals surface area contributed by atoms with Gasteiger partial charge in [-0.15, -0.1) is 0 Å². The minimum Gasteiger partial charge on any atom is -0.390 e. The second kappa shape index (κ2) is 6.94. The summed E-state index contributed by atoms with van der Waals surface area (Å²) in [4.78, 5) is 0. The Labute approximate surface area is 149 Å². The fraction of sp³-hybridized carbons (Fsp3) is 0.368. The Bertz CT molecular complexity index is 905. The topological polar surface area (TPSA) is 28.4 Å². The molecule has 1 N–H and O–H groups in total. The molecule has 1 fully saturated rings. The smallest absolute Gasteiger partial charge is 0.133 e. The summed E-state index contributed by atoms with van der Waals surface area (Å²) in [5, 5.41) is 11.5. The maximum atomic E-state index is 14.4. The lowest BCUT2D eigenvalue weighted by Crippen LogP contribution is -2.33. The maximum absolute atomic E-state index is 14.4. The molecule has 0 radical (unpaired) electrons. The fourth-order valence-electron chi connectivity index (χ4n) is 3.57. The van der Waals surface area contributed by atoms with E-state index in [1.165, 1.54) is 24.6 Å². The summed E-state index contributed by atoms with van der Waals surface area (Å²) in [6.07, 6.45) is 1.80. The van der Waals surface area contributed by atoms with Crippen LogP contribution in [0.15, 0.2) is 36.4 Å². The summed E-state index contributed by atoms with van der Waals surface area (Å²) < 4.78 is 32.1. The first-order valence-corrected chi connectivity index (χ1v) is 9.49. The van der Waals surface area contributed by atoms with Crippen LogP contribution in [0.25, 0.3) is 21.8 Å². The first-order valence-electron chi connectivity index (χ1n) is 8.55. The summed E-state index contributed by atoms with van der Waals surface area (Å²) in [5.41, 5.74) is 1.43. The van der Waals surface area contributed by atoms with Crippen molar-refractivity contribution < 1.29 is 13.9 Å². The van der Waals surface area contributed by atoms with E-state index < -0.39 is 6.10 Å². The molecular formula is C19H20F2N2OS. The van der Waals surface area contributed by atoms with Crippen LogP contribution in [0.1, 0.15) is 12.8 Å². The second-order valence-corrected chi connectivity index (χ2v) is 7.67. The van der Waals surface area contributed by atoms with Crippen molar-refractivity contribution in [1.82, 2.24) is 8.87 Å². The van der Waals surface area contributed by atoms with Crippen molar-refractivity contribution in [2.24, 2.45) is 0 Å². The molecule has 0 spiro atoms. The normalized spacial score (nSPS) is 17.4. The average Bonchev–Trinajstić information content (AvgIpc) is 2.90. The van der Waals surface area contributed by atoms with Crippen molar-refractivity contribution in [2.75, 3.05) is 18.8 Å². The molecule has 1 atom stereocenters. The van der Waals surface area contributed by atoms with Crippen LogP contribution in [-0.2, 0) is 6.54 Å². The molecule has 3 aromatic rings. The molecule has 1 aliphatic heterocycles. The van der Waals surface area contributed by atoms with Gasteiger partial charge >= 0.3 is 0 Å². The number of nitrogens with zero attached hydrogens (tertiary/aromatic N) is 2. The summed E-state index contributed by atoms with van der Waals surface area (Å²) in [7, 11) is 0. The standard InChI is InChI=1S/C19H20F2N2OS/c20-13-6-7-17-15(10-13)19-16(21)4-3-5-18(19)23(17)12-14(24)11-22-8-1-2-9-25-22/h3-7,10,14,24H,1-2,8-9,11-12H2. The second-order valence-electron chi connectivity index (χ2n) is 6.49. The van der Waals surface area contributed by atoms with Crippen LogP contribution < -0.4 is 0 Å². The Morgan fingerprint density at radius 2 is 1.96 bits per heavy atom. The Morgan fingerprint density at radius 3 is 2.76 bits per heavy atom.